The van der Waals surface area contributed by atoms with E-state index in [9.17, 15) is 14.4 Å². The number of carboxylic acids is 1. The molecule has 3 rings (SSSR count). The van der Waals surface area contributed by atoms with Gasteiger partial charge in [0.15, 0.2) is 0 Å². The molecule has 0 aromatic carbocycles. The molecule has 2 unspecified atom stereocenters. The molecule has 1 saturated carbocycles. The van der Waals surface area contributed by atoms with Crippen molar-refractivity contribution in [2.75, 3.05) is 19.6 Å². The monoisotopic (exact) mass is 294 g/mol. The highest BCUT2D eigenvalue weighted by atomic mass is 16.4. The Morgan fingerprint density at radius 1 is 1.05 bits per heavy atom. The maximum atomic E-state index is 12.5. The van der Waals surface area contributed by atoms with Gasteiger partial charge in [-0.25, -0.2) is 0 Å². The second kappa shape index (κ2) is 5.66. The topological polar surface area (TPSA) is 77.9 Å². The third-order valence-corrected chi connectivity index (χ3v) is 5.12. The van der Waals surface area contributed by atoms with Crippen LogP contribution in [0.4, 0.5) is 0 Å². The zero-order valence-electron chi connectivity index (χ0n) is 12.2. The average Bonchev–Trinajstić information content (AvgIpc) is 3.18. The van der Waals surface area contributed by atoms with E-state index in [1.165, 1.54) is 12.8 Å². The fourth-order valence-corrected chi connectivity index (χ4v) is 3.89. The number of hydrogen-bond acceptors (Lipinski definition) is 3. The van der Waals surface area contributed by atoms with Gasteiger partial charge in [-0.15, -0.1) is 0 Å². The average molecular weight is 294 g/mol. The van der Waals surface area contributed by atoms with E-state index in [0.717, 1.165) is 12.8 Å². The van der Waals surface area contributed by atoms with E-state index in [2.05, 4.69) is 0 Å². The summed E-state index contributed by atoms with van der Waals surface area (Å²) in [4.78, 5) is 39.1. The fourth-order valence-electron chi connectivity index (χ4n) is 3.89. The summed E-state index contributed by atoms with van der Waals surface area (Å²) in [5.41, 5.74) is 0. The van der Waals surface area contributed by atoms with Gasteiger partial charge in [-0.05, 0) is 19.3 Å². The first kappa shape index (κ1) is 14.4. The van der Waals surface area contributed by atoms with Gasteiger partial charge in [0.2, 0.25) is 11.8 Å². The van der Waals surface area contributed by atoms with Gasteiger partial charge in [0.25, 0.3) is 0 Å². The SMILES string of the molecule is O=C(O)C1CCN(C(=O)C2CC(=O)N(C3CCCC3)C2)C1. The molecule has 3 aliphatic rings. The molecule has 116 valence electrons. The smallest absolute Gasteiger partial charge is 0.308 e. The summed E-state index contributed by atoms with van der Waals surface area (Å²) in [5, 5.41) is 9.01. The molecule has 1 aliphatic carbocycles. The Bertz CT molecular complexity index is 459. The first-order valence-corrected chi connectivity index (χ1v) is 7.87. The van der Waals surface area contributed by atoms with E-state index in [-0.39, 0.29) is 17.7 Å². The number of carbonyl (C=O) groups excluding carboxylic acids is 2. The first-order chi connectivity index (χ1) is 10.1. The molecule has 2 saturated heterocycles. The molecule has 0 aromatic rings. The predicted molar refractivity (Wildman–Crippen MR) is 74.4 cm³/mol. The number of carboxylic acid groups (broad SMARTS) is 1. The number of carbonyl (C=O) groups is 3. The molecular formula is C15H22N2O4. The summed E-state index contributed by atoms with van der Waals surface area (Å²) in [6.45, 7) is 1.32. The van der Waals surface area contributed by atoms with Crippen molar-refractivity contribution in [2.45, 2.75) is 44.6 Å². The molecule has 2 aliphatic heterocycles. The second-order valence-electron chi connectivity index (χ2n) is 6.49. The Morgan fingerprint density at radius 3 is 2.38 bits per heavy atom. The van der Waals surface area contributed by atoms with Gasteiger partial charge in [-0.2, -0.15) is 0 Å². The van der Waals surface area contributed by atoms with Gasteiger partial charge in [-0.1, -0.05) is 12.8 Å². The Morgan fingerprint density at radius 2 is 1.76 bits per heavy atom. The van der Waals surface area contributed by atoms with E-state index in [4.69, 9.17) is 5.11 Å². The highest BCUT2D eigenvalue weighted by Gasteiger charge is 2.42. The van der Waals surface area contributed by atoms with Gasteiger partial charge < -0.3 is 14.9 Å². The number of nitrogens with zero attached hydrogens (tertiary/aromatic N) is 2. The van der Waals surface area contributed by atoms with Crippen LogP contribution in [0.2, 0.25) is 0 Å². The summed E-state index contributed by atoms with van der Waals surface area (Å²) in [5.74, 6) is -1.50. The lowest BCUT2D eigenvalue weighted by Crippen LogP contribution is -2.38. The normalized spacial score (nSPS) is 30.4. The minimum absolute atomic E-state index is 0.0346. The molecular weight excluding hydrogens is 272 g/mol. The van der Waals surface area contributed by atoms with E-state index < -0.39 is 11.9 Å². The van der Waals surface area contributed by atoms with Crippen LogP contribution in [-0.2, 0) is 14.4 Å². The summed E-state index contributed by atoms with van der Waals surface area (Å²) in [6, 6.07) is 0.320. The molecule has 2 amide bonds. The van der Waals surface area contributed by atoms with Crippen molar-refractivity contribution in [1.29, 1.82) is 0 Å². The number of rotatable bonds is 3. The minimum Gasteiger partial charge on any atom is -0.481 e. The number of aliphatic carboxylic acids is 1. The molecule has 0 spiro atoms. The van der Waals surface area contributed by atoms with Crippen LogP contribution in [0.15, 0.2) is 0 Å². The quantitative estimate of drug-likeness (QED) is 0.831. The highest BCUT2D eigenvalue weighted by Crippen LogP contribution is 2.31. The summed E-state index contributed by atoms with van der Waals surface area (Å²) in [7, 11) is 0. The van der Waals surface area contributed by atoms with Crippen LogP contribution in [0.5, 0.6) is 0 Å². The maximum absolute atomic E-state index is 12.5. The molecule has 0 aromatic heterocycles. The zero-order valence-corrected chi connectivity index (χ0v) is 12.2. The van der Waals surface area contributed by atoms with Gasteiger partial charge in [0, 0.05) is 32.1 Å². The number of hydrogen-bond donors (Lipinski definition) is 1. The van der Waals surface area contributed by atoms with Crippen molar-refractivity contribution in [3.8, 4) is 0 Å². The summed E-state index contributed by atoms with van der Waals surface area (Å²) >= 11 is 0. The van der Waals surface area contributed by atoms with Crippen LogP contribution in [0.3, 0.4) is 0 Å². The van der Waals surface area contributed by atoms with Crippen molar-refractivity contribution in [1.82, 2.24) is 9.80 Å². The molecule has 0 bridgehead atoms. The van der Waals surface area contributed by atoms with Crippen molar-refractivity contribution < 1.29 is 19.5 Å². The molecule has 2 atom stereocenters. The number of amides is 2. The molecule has 2 heterocycles. The van der Waals surface area contributed by atoms with Crippen LogP contribution >= 0.6 is 0 Å². The van der Waals surface area contributed by atoms with Crippen molar-refractivity contribution in [3.63, 3.8) is 0 Å². The van der Waals surface area contributed by atoms with E-state index in [1.54, 1.807) is 4.90 Å². The Hall–Kier alpha value is -1.59. The van der Waals surface area contributed by atoms with Crippen molar-refractivity contribution in [3.05, 3.63) is 0 Å². The molecule has 3 fully saturated rings. The van der Waals surface area contributed by atoms with E-state index in [0.29, 0.717) is 38.5 Å². The fraction of sp³-hybridized carbons (Fsp3) is 0.800. The molecule has 21 heavy (non-hydrogen) atoms. The molecule has 0 radical (unpaired) electrons. The molecule has 6 nitrogen and oxygen atoms in total. The Labute approximate surface area is 124 Å². The van der Waals surface area contributed by atoms with Crippen molar-refractivity contribution in [2.24, 2.45) is 11.8 Å². The zero-order chi connectivity index (χ0) is 15.0. The predicted octanol–water partition coefficient (Wildman–Crippen LogP) is 0.711. The van der Waals surface area contributed by atoms with E-state index in [1.807, 2.05) is 4.90 Å². The largest absolute Gasteiger partial charge is 0.481 e. The van der Waals surface area contributed by atoms with E-state index >= 15 is 0 Å². The van der Waals surface area contributed by atoms with Gasteiger partial charge in [0.05, 0.1) is 11.8 Å². The Kier molecular flexibility index (Phi) is 3.87. The van der Waals surface area contributed by atoms with Crippen LogP contribution < -0.4 is 0 Å². The highest BCUT2D eigenvalue weighted by molar-refractivity contribution is 5.90. The lowest BCUT2D eigenvalue weighted by Gasteiger charge is -2.25. The molecule has 1 N–H and O–H groups in total. The van der Waals surface area contributed by atoms with Crippen LogP contribution in [0, 0.1) is 11.8 Å². The molecule has 6 heteroatoms. The first-order valence-electron chi connectivity index (χ1n) is 7.87. The van der Waals surface area contributed by atoms with Crippen LogP contribution in [0.25, 0.3) is 0 Å². The number of likely N-dealkylation sites (tertiary alicyclic amines) is 2. The van der Waals surface area contributed by atoms with Crippen LogP contribution in [0.1, 0.15) is 38.5 Å². The third-order valence-electron chi connectivity index (χ3n) is 5.12. The van der Waals surface area contributed by atoms with Gasteiger partial charge in [0.1, 0.15) is 0 Å². The Balaban J connectivity index is 1.59. The second-order valence-corrected chi connectivity index (χ2v) is 6.49. The lowest BCUT2D eigenvalue weighted by atomic mass is 10.1. The van der Waals surface area contributed by atoms with Crippen molar-refractivity contribution >= 4 is 17.8 Å². The van der Waals surface area contributed by atoms with Gasteiger partial charge in [-0.3, -0.25) is 14.4 Å². The third kappa shape index (κ3) is 2.76. The minimum atomic E-state index is -0.833. The van der Waals surface area contributed by atoms with Gasteiger partial charge >= 0.3 is 5.97 Å². The van der Waals surface area contributed by atoms with Crippen LogP contribution in [-0.4, -0.2) is 58.4 Å². The summed E-state index contributed by atoms with van der Waals surface area (Å²) in [6.07, 6.45) is 5.26. The standard InChI is InChI=1S/C15H22N2O4/c18-13-7-11(9-17(13)12-3-1-2-4-12)14(19)16-6-5-10(8-16)15(20)21/h10-12H,1-9H2,(H,20,21). The lowest BCUT2D eigenvalue weighted by molar-refractivity contribution is -0.141. The maximum Gasteiger partial charge on any atom is 0.308 e. The summed E-state index contributed by atoms with van der Waals surface area (Å²) < 4.78 is 0.